The number of piperidine rings is 1. The van der Waals surface area contributed by atoms with Gasteiger partial charge in [-0.05, 0) is 25.7 Å². The fraction of sp³-hybridized carbons (Fsp3) is 0.524. The summed E-state index contributed by atoms with van der Waals surface area (Å²) in [5.41, 5.74) is 0. The van der Waals surface area contributed by atoms with Crippen molar-refractivity contribution in [3.8, 4) is 5.75 Å². The number of benzene rings is 1. The first kappa shape index (κ1) is 24.5. The number of carbonyl (C=O) groups is 4. The molecule has 2 fully saturated rings. The number of ether oxygens (including phenoxy) is 1. The van der Waals surface area contributed by atoms with Gasteiger partial charge < -0.3 is 20.1 Å². The smallest absolute Gasteiger partial charge is 0.305 e. The highest BCUT2D eigenvalue weighted by molar-refractivity contribution is 5.93. The van der Waals surface area contributed by atoms with Crippen LogP contribution < -0.4 is 10.1 Å². The lowest BCUT2D eigenvalue weighted by molar-refractivity contribution is -0.141. The zero-order valence-electron chi connectivity index (χ0n) is 17.4. The highest BCUT2D eigenvalue weighted by atomic mass is 19.2. The molecule has 33 heavy (non-hydrogen) atoms. The second-order valence-corrected chi connectivity index (χ2v) is 8.09. The lowest BCUT2D eigenvalue weighted by atomic mass is 9.94. The first-order valence-corrected chi connectivity index (χ1v) is 10.4. The standard InChI is InChI=1S/C21H22F4N2O6/c22-12-7-13(23)18(25)19(17(12)24)33-9-15(28)14(8-16(29)30)26-20(31)10-3-5-27(6-4-10)21(32)11-1-2-11/h7,10-11,14H,1-6,8-9H2,(H,26,31)(H,29,30)/t14-/m0/s1. The molecule has 12 heteroatoms. The Morgan fingerprint density at radius 2 is 1.58 bits per heavy atom. The third-order valence-electron chi connectivity index (χ3n) is 5.62. The van der Waals surface area contributed by atoms with Gasteiger partial charge in [0.25, 0.3) is 0 Å². The minimum absolute atomic E-state index is 0.0314. The van der Waals surface area contributed by atoms with Crippen molar-refractivity contribution in [2.75, 3.05) is 19.7 Å². The van der Waals surface area contributed by atoms with E-state index in [2.05, 4.69) is 10.1 Å². The van der Waals surface area contributed by atoms with Crippen LogP contribution in [0.5, 0.6) is 5.75 Å². The van der Waals surface area contributed by atoms with Gasteiger partial charge in [-0.2, -0.15) is 8.78 Å². The molecule has 0 radical (unpaired) electrons. The molecule has 0 aromatic heterocycles. The van der Waals surface area contributed by atoms with Gasteiger partial charge >= 0.3 is 5.97 Å². The van der Waals surface area contributed by atoms with Crippen molar-refractivity contribution >= 4 is 23.6 Å². The number of nitrogens with one attached hydrogen (secondary N) is 1. The monoisotopic (exact) mass is 474 g/mol. The summed E-state index contributed by atoms with van der Waals surface area (Å²) < 4.78 is 58.5. The number of nitrogens with zero attached hydrogens (tertiary/aromatic N) is 1. The summed E-state index contributed by atoms with van der Waals surface area (Å²) in [6.45, 7) is -0.418. The SMILES string of the molecule is O=C(O)C[C@H](NC(=O)C1CCN(C(=O)C2CC2)CC1)C(=O)COc1c(F)c(F)cc(F)c1F. The summed E-state index contributed by atoms with van der Waals surface area (Å²) in [5, 5.41) is 11.3. The van der Waals surface area contributed by atoms with Crippen molar-refractivity contribution in [2.45, 2.75) is 38.1 Å². The Hall–Kier alpha value is -3.18. The summed E-state index contributed by atoms with van der Waals surface area (Å²) in [6, 6.07) is -1.62. The Bertz CT molecular complexity index is 934. The first-order chi connectivity index (χ1) is 15.6. The third-order valence-corrected chi connectivity index (χ3v) is 5.62. The van der Waals surface area contributed by atoms with E-state index in [1.807, 2.05) is 0 Å². The highest BCUT2D eigenvalue weighted by Gasteiger charge is 2.36. The number of likely N-dealkylation sites (tertiary alicyclic amines) is 1. The van der Waals surface area contributed by atoms with Crippen molar-refractivity contribution in [1.29, 1.82) is 0 Å². The molecule has 2 aliphatic rings. The van der Waals surface area contributed by atoms with E-state index >= 15 is 0 Å². The molecule has 2 amide bonds. The minimum atomic E-state index is -1.85. The Kier molecular flexibility index (Phi) is 7.54. The molecule has 2 N–H and O–H groups in total. The summed E-state index contributed by atoms with van der Waals surface area (Å²) in [6.07, 6.45) is 1.53. The van der Waals surface area contributed by atoms with Crippen molar-refractivity contribution in [3.05, 3.63) is 29.3 Å². The number of carbonyl (C=O) groups excluding carboxylic acids is 3. The maximum Gasteiger partial charge on any atom is 0.305 e. The number of amides is 2. The maximum absolute atomic E-state index is 13.7. The average molecular weight is 474 g/mol. The first-order valence-electron chi connectivity index (χ1n) is 10.4. The Morgan fingerprint density at radius 3 is 2.09 bits per heavy atom. The second kappa shape index (κ2) is 10.2. The van der Waals surface area contributed by atoms with Crippen LogP contribution in [0, 0.1) is 35.1 Å². The number of carboxylic acids is 1. The van der Waals surface area contributed by atoms with Gasteiger partial charge in [-0.1, -0.05) is 0 Å². The van der Waals surface area contributed by atoms with Crippen LogP contribution >= 0.6 is 0 Å². The van der Waals surface area contributed by atoms with Gasteiger partial charge in [-0.3, -0.25) is 19.2 Å². The molecule has 0 spiro atoms. The predicted molar refractivity (Wildman–Crippen MR) is 103 cm³/mol. The third kappa shape index (κ3) is 5.99. The van der Waals surface area contributed by atoms with Gasteiger partial charge in [0.1, 0.15) is 12.6 Å². The zero-order chi connectivity index (χ0) is 24.3. The largest absolute Gasteiger partial charge is 0.481 e. The van der Waals surface area contributed by atoms with Gasteiger partial charge in [-0.15, -0.1) is 0 Å². The molecule has 180 valence electrons. The average Bonchev–Trinajstić information content (AvgIpc) is 3.62. The van der Waals surface area contributed by atoms with E-state index in [1.54, 1.807) is 4.90 Å². The number of halogens is 4. The molecular weight excluding hydrogens is 452 g/mol. The molecule has 0 unspecified atom stereocenters. The van der Waals surface area contributed by atoms with Crippen LogP contribution in [-0.2, 0) is 19.2 Å². The zero-order valence-corrected chi connectivity index (χ0v) is 17.4. The number of hydrogen-bond donors (Lipinski definition) is 2. The molecular formula is C21H22F4N2O6. The second-order valence-electron chi connectivity index (χ2n) is 8.09. The predicted octanol–water partition coefficient (Wildman–Crippen LogP) is 1.80. The van der Waals surface area contributed by atoms with Crippen molar-refractivity contribution in [3.63, 3.8) is 0 Å². The molecule has 3 rings (SSSR count). The van der Waals surface area contributed by atoms with Crippen LogP contribution in [-0.4, -0.2) is 59.3 Å². The molecule has 1 heterocycles. The van der Waals surface area contributed by atoms with E-state index in [9.17, 15) is 36.7 Å². The van der Waals surface area contributed by atoms with Gasteiger partial charge in [0.2, 0.25) is 23.4 Å². The summed E-state index contributed by atoms with van der Waals surface area (Å²) in [7, 11) is 0. The van der Waals surface area contributed by atoms with Crippen LogP contribution in [0.4, 0.5) is 17.6 Å². The lowest BCUT2D eigenvalue weighted by Crippen LogP contribution is -2.49. The molecule has 0 bridgehead atoms. The van der Waals surface area contributed by atoms with Crippen LogP contribution in [0.3, 0.4) is 0 Å². The summed E-state index contributed by atoms with van der Waals surface area (Å²) in [5.74, 6) is -12.2. The Morgan fingerprint density at radius 1 is 1.00 bits per heavy atom. The van der Waals surface area contributed by atoms with Crippen LogP contribution in [0.25, 0.3) is 0 Å². The van der Waals surface area contributed by atoms with Crippen molar-refractivity contribution in [2.24, 2.45) is 11.8 Å². The Balaban J connectivity index is 1.59. The molecule has 1 aromatic rings. The van der Waals surface area contributed by atoms with Crippen molar-refractivity contribution < 1.29 is 46.6 Å². The summed E-state index contributed by atoms with van der Waals surface area (Å²) >= 11 is 0. The van der Waals surface area contributed by atoms with E-state index in [1.165, 1.54) is 0 Å². The molecule has 1 saturated carbocycles. The number of rotatable bonds is 9. The lowest BCUT2D eigenvalue weighted by Gasteiger charge is -2.32. The quantitative estimate of drug-likeness (QED) is 0.417. The summed E-state index contributed by atoms with van der Waals surface area (Å²) in [4.78, 5) is 49.9. The van der Waals surface area contributed by atoms with Gasteiger partial charge in [0.15, 0.2) is 23.2 Å². The number of ketones is 1. The molecule has 1 saturated heterocycles. The van der Waals surface area contributed by atoms with Crippen LogP contribution in [0.2, 0.25) is 0 Å². The maximum atomic E-state index is 13.7. The topological polar surface area (TPSA) is 113 Å². The number of aliphatic carboxylic acids is 1. The molecule has 1 aromatic carbocycles. The van der Waals surface area contributed by atoms with E-state index in [4.69, 9.17) is 5.11 Å². The number of Topliss-reactive ketones (excluding diaryl/α,β-unsaturated/α-hetero) is 1. The fourth-order valence-corrected chi connectivity index (χ4v) is 3.58. The minimum Gasteiger partial charge on any atom is -0.481 e. The van der Waals surface area contributed by atoms with E-state index in [0.717, 1.165) is 12.8 Å². The molecule has 1 atom stereocenters. The van der Waals surface area contributed by atoms with Crippen molar-refractivity contribution in [1.82, 2.24) is 10.2 Å². The van der Waals surface area contributed by atoms with E-state index in [0.29, 0.717) is 25.9 Å². The Labute approximate surface area is 185 Å². The van der Waals surface area contributed by atoms with Gasteiger partial charge in [-0.25, -0.2) is 8.78 Å². The van der Waals surface area contributed by atoms with Gasteiger partial charge in [0.05, 0.1) is 6.42 Å². The van der Waals surface area contributed by atoms with Crippen LogP contribution in [0.1, 0.15) is 32.1 Å². The highest BCUT2D eigenvalue weighted by Crippen LogP contribution is 2.32. The van der Waals surface area contributed by atoms with E-state index in [-0.39, 0.29) is 17.9 Å². The van der Waals surface area contributed by atoms with Gasteiger partial charge in [0, 0.05) is 31.0 Å². The molecule has 1 aliphatic carbocycles. The molecule has 8 nitrogen and oxygen atoms in total. The number of carboxylic acid groups (broad SMARTS) is 1. The van der Waals surface area contributed by atoms with E-state index < -0.39 is 71.7 Å². The normalized spacial score (nSPS) is 17.4. The molecule has 1 aliphatic heterocycles. The van der Waals surface area contributed by atoms with Crippen LogP contribution in [0.15, 0.2) is 6.07 Å². The number of hydrogen-bond acceptors (Lipinski definition) is 5. The fourth-order valence-electron chi connectivity index (χ4n) is 3.58.